The monoisotopic (exact) mass is 295 g/mol. The lowest BCUT2D eigenvalue weighted by Crippen LogP contribution is -2.14. The summed E-state index contributed by atoms with van der Waals surface area (Å²) in [7, 11) is 0. The van der Waals surface area contributed by atoms with Crippen LogP contribution in [0.1, 0.15) is 30.6 Å². The fraction of sp³-hybridized carbons (Fsp3) is 0.500. The Bertz CT molecular complexity index is 503. The minimum absolute atomic E-state index is 0.0952. The van der Waals surface area contributed by atoms with Gasteiger partial charge in [0.25, 0.3) is 5.69 Å². The number of carbonyl (C=O) groups excluding carboxylic acids is 1. The van der Waals surface area contributed by atoms with Crippen LogP contribution in [0.2, 0.25) is 0 Å². The van der Waals surface area contributed by atoms with Crippen molar-refractivity contribution in [3.05, 3.63) is 33.9 Å². The topological polar surface area (TPSA) is 107 Å². The summed E-state index contributed by atoms with van der Waals surface area (Å²) in [5.41, 5.74) is 5.57. The van der Waals surface area contributed by atoms with Crippen LogP contribution in [-0.4, -0.2) is 30.6 Å². The van der Waals surface area contributed by atoms with E-state index in [0.717, 1.165) is 6.42 Å². The third-order valence-electron chi connectivity index (χ3n) is 2.88. The van der Waals surface area contributed by atoms with Crippen LogP contribution >= 0.6 is 0 Å². The van der Waals surface area contributed by atoms with E-state index in [9.17, 15) is 14.9 Å². The van der Waals surface area contributed by atoms with E-state index in [1.165, 1.54) is 18.2 Å². The van der Waals surface area contributed by atoms with E-state index in [1.54, 1.807) is 0 Å². The molecule has 0 aliphatic carbocycles. The molecule has 0 aliphatic rings. The summed E-state index contributed by atoms with van der Waals surface area (Å²) in [5.74, 6) is -0.0487. The maximum absolute atomic E-state index is 11.1. The Kier molecular flexibility index (Phi) is 6.61. The second kappa shape index (κ2) is 8.21. The Balaban J connectivity index is 2.57. The Hall–Kier alpha value is -2.15. The number of hydrogen-bond donors (Lipinski definition) is 2. The Morgan fingerprint density at radius 1 is 1.43 bits per heavy atom. The number of nitrogens with one attached hydrogen (secondary N) is 1. The number of primary amides is 1. The van der Waals surface area contributed by atoms with Gasteiger partial charge in [-0.15, -0.1) is 0 Å². The van der Waals surface area contributed by atoms with Crippen LogP contribution in [0.4, 0.5) is 11.4 Å². The maximum Gasteiger partial charge on any atom is 0.292 e. The first-order valence-corrected chi connectivity index (χ1v) is 6.81. The fourth-order valence-electron chi connectivity index (χ4n) is 1.67. The highest BCUT2D eigenvalue weighted by molar-refractivity contribution is 5.94. The zero-order valence-corrected chi connectivity index (χ0v) is 12.3. The van der Waals surface area contributed by atoms with E-state index in [0.29, 0.717) is 25.7 Å². The number of ether oxygens (including phenoxy) is 1. The SMILES string of the molecule is CC(C)CCOCCNc1cc(C(N)=O)ccc1[N+](=O)[O-]. The van der Waals surface area contributed by atoms with Crippen LogP contribution in [0.25, 0.3) is 0 Å². The minimum atomic E-state index is -0.624. The van der Waals surface area contributed by atoms with Crippen molar-refractivity contribution >= 4 is 17.3 Å². The molecule has 0 atom stereocenters. The van der Waals surface area contributed by atoms with Crippen LogP contribution in [0.15, 0.2) is 18.2 Å². The minimum Gasteiger partial charge on any atom is -0.380 e. The van der Waals surface area contributed by atoms with Gasteiger partial charge in [-0.2, -0.15) is 0 Å². The number of nitro groups is 1. The van der Waals surface area contributed by atoms with E-state index >= 15 is 0 Å². The summed E-state index contributed by atoms with van der Waals surface area (Å²) in [6.07, 6.45) is 0.970. The van der Waals surface area contributed by atoms with Crippen molar-refractivity contribution in [2.75, 3.05) is 25.1 Å². The third kappa shape index (κ3) is 5.78. The lowest BCUT2D eigenvalue weighted by Gasteiger charge is -2.09. The average Bonchev–Trinajstić information content (AvgIpc) is 2.41. The first-order chi connectivity index (χ1) is 9.91. The molecule has 1 aromatic rings. The van der Waals surface area contributed by atoms with E-state index in [1.807, 2.05) is 0 Å². The van der Waals surface area contributed by atoms with E-state index in [4.69, 9.17) is 10.5 Å². The standard InChI is InChI=1S/C14H21N3O4/c1-10(2)5-7-21-8-6-16-12-9-11(14(15)18)3-4-13(12)17(19)20/h3-4,9-10,16H,5-8H2,1-2H3,(H2,15,18). The molecule has 7 nitrogen and oxygen atoms in total. The van der Waals surface area contributed by atoms with Crippen LogP contribution < -0.4 is 11.1 Å². The molecule has 1 amide bonds. The van der Waals surface area contributed by atoms with Crippen molar-refractivity contribution in [1.29, 1.82) is 0 Å². The first-order valence-electron chi connectivity index (χ1n) is 6.81. The summed E-state index contributed by atoms with van der Waals surface area (Å²) >= 11 is 0. The molecule has 0 aliphatic heterocycles. The second-order valence-electron chi connectivity index (χ2n) is 5.07. The van der Waals surface area contributed by atoms with Gasteiger partial charge in [-0.25, -0.2) is 0 Å². The van der Waals surface area contributed by atoms with Crippen LogP contribution in [-0.2, 0) is 4.74 Å². The summed E-state index contributed by atoms with van der Waals surface area (Å²) in [6.45, 7) is 5.73. The van der Waals surface area contributed by atoms with Crippen molar-refractivity contribution in [2.45, 2.75) is 20.3 Å². The molecule has 0 saturated carbocycles. The van der Waals surface area contributed by atoms with Crippen LogP contribution in [0.3, 0.4) is 0 Å². The van der Waals surface area contributed by atoms with Crippen molar-refractivity contribution in [2.24, 2.45) is 11.7 Å². The quantitative estimate of drug-likeness (QED) is 0.412. The maximum atomic E-state index is 11.1. The molecule has 0 saturated heterocycles. The molecule has 0 bridgehead atoms. The van der Waals surface area contributed by atoms with Gasteiger partial charge in [0, 0.05) is 24.8 Å². The molecular weight excluding hydrogens is 274 g/mol. The highest BCUT2D eigenvalue weighted by Gasteiger charge is 2.15. The van der Waals surface area contributed by atoms with Crippen molar-refractivity contribution in [1.82, 2.24) is 0 Å². The van der Waals surface area contributed by atoms with Gasteiger partial charge >= 0.3 is 0 Å². The molecule has 0 radical (unpaired) electrons. The predicted molar refractivity (Wildman–Crippen MR) is 80.4 cm³/mol. The molecule has 0 fully saturated rings. The molecule has 7 heteroatoms. The first kappa shape index (κ1) is 16.9. The molecule has 1 rings (SSSR count). The van der Waals surface area contributed by atoms with Gasteiger partial charge in [0.15, 0.2) is 0 Å². The Labute approximate surface area is 123 Å². The number of carbonyl (C=O) groups is 1. The largest absolute Gasteiger partial charge is 0.380 e. The van der Waals surface area contributed by atoms with Crippen LogP contribution in [0, 0.1) is 16.0 Å². The second-order valence-corrected chi connectivity index (χ2v) is 5.07. The average molecular weight is 295 g/mol. The lowest BCUT2D eigenvalue weighted by atomic mass is 10.1. The number of benzene rings is 1. The molecule has 21 heavy (non-hydrogen) atoms. The van der Waals surface area contributed by atoms with Crippen molar-refractivity contribution in [3.63, 3.8) is 0 Å². The van der Waals surface area contributed by atoms with E-state index < -0.39 is 10.8 Å². The third-order valence-corrected chi connectivity index (χ3v) is 2.88. The molecule has 0 heterocycles. The highest BCUT2D eigenvalue weighted by Crippen LogP contribution is 2.25. The fourth-order valence-corrected chi connectivity index (χ4v) is 1.67. The van der Waals surface area contributed by atoms with E-state index in [-0.39, 0.29) is 16.9 Å². The van der Waals surface area contributed by atoms with Gasteiger partial charge in [0.2, 0.25) is 5.91 Å². The molecular formula is C14H21N3O4. The number of rotatable bonds is 9. The summed E-state index contributed by atoms with van der Waals surface area (Å²) in [6, 6.07) is 3.99. The normalized spacial score (nSPS) is 10.6. The number of amides is 1. The Morgan fingerprint density at radius 3 is 2.71 bits per heavy atom. The number of nitro benzene ring substituents is 1. The molecule has 1 aromatic carbocycles. The molecule has 3 N–H and O–H groups in total. The van der Waals surface area contributed by atoms with Gasteiger partial charge in [-0.05, 0) is 24.5 Å². The molecule has 116 valence electrons. The molecule has 0 spiro atoms. The van der Waals surface area contributed by atoms with Crippen molar-refractivity contribution in [3.8, 4) is 0 Å². The Morgan fingerprint density at radius 2 is 2.14 bits per heavy atom. The van der Waals surface area contributed by atoms with Gasteiger partial charge in [0.1, 0.15) is 5.69 Å². The zero-order valence-electron chi connectivity index (χ0n) is 12.3. The number of hydrogen-bond acceptors (Lipinski definition) is 5. The zero-order chi connectivity index (χ0) is 15.8. The summed E-state index contributed by atoms with van der Waals surface area (Å²) in [4.78, 5) is 21.5. The number of nitrogens with two attached hydrogens (primary N) is 1. The molecule has 0 unspecified atom stereocenters. The molecule has 0 aromatic heterocycles. The van der Waals surface area contributed by atoms with Crippen molar-refractivity contribution < 1.29 is 14.5 Å². The van der Waals surface area contributed by atoms with Gasteiger partial charge in [-0.1, -0.05) is 13.8 Å². The smallest absolute Gasteiger partial charge is 0.292 e. The van der Waals surface area contributed by atoms with Crippen LogP contribution in [0.5, 0.6) is 0 Å². The van der Waals surface area contributed by atoms with E-state index in [2.05, 4.69) is 19.2 Å². The summed E-state index contributed by atoms with van der Waals surface area (Å²) < 4.78 is 5.42. The van der Waals surface area contributed by atoms with Gasteiger partial charge in [-0.3, -0.25) is 14.9 Å². The highest BCUT2D eigenvalue weighted by atomic mass is 16.6. The number of anilines is 1. The number of nitrogens with zero attached hydrogens (tertiary/aromatic N) is 1. The predicted octanol–water partition coefficient (Wildman–Crippen LogP) is 2.17. The summed E-state index contributed by atoms with van der Waals surface area (Å²) in [5, 5.41) is 13.8. The van der Waals surface area contributed by atoms with Gasteiger partial charge < -0.3 is 15.8 Å². The van der Waals surface area contributed by atoms with Gasteiger partial charge in [0.05, 0.1) is 11.5 Å². The lowest BCUT2D eigenvalue weighted by molar-refractivity contribution is -0.384.